The first-order chi connectivity index (χ1) is 9.40. The number of carbonyl (C=O) groups is 3. The van der Waals surface area contributed by atoms with Crippen LogP contribution in [-0.2, 0) is 19.1 Å². The molecule has 1 aliphatic heterocycles. The summed E-state index contributed by atoms with van der Waals surface area (Å²) in [6.07, 6.45) is 1.39. The molecule has 1 unspecified atom stereocenters. The van der Waals surface area contributed by atoms with Crippen LogP contribution < -0.4 is 5.32 Å². The fraction of sp³-hybridized carbons (Fsp3) is 0.769. The van der Waals surface area contributed by atoms with Crippen LogP contribution >= 0.6 is 0 Å². The molecule has 20 heavy (non-hydrogen) atoms. The molecule has 0 radical (unpaired) electrons. The third kappa shape index (κ3) is 5.56. The van der Waals surface area contributed by atoms with Gasteiger partial charge in [0.15, 0.2) is 0 Å². The summed E-state index contributed by atoms with van der Waals surface area (Å²) >= 11 is 0. The molecule has 0 aromatic carbocycles. The SMILES string of the molecule is CC(=O)NC(C)C(=O)N1CCC(OCCC(=O)O)CC1. The lowest BCUT2D eigenvalue weighted by atomic mass is 10.1. The van der Waals surface area contributed by atoms with Crippen LogP contribution in [0.3, 0.4) is 0 Å². The van der Waals surface area contributed by atoms with Crippen LogP contribution in [0.2, 0.25) is 0 Å². The third-order valence-electron chi connectivity index (χ3n) is 3.21. The first-order valence-corrected chi connectivity index (χ1v) is 6.79. The fourth-order valence-corrected chi connectivity index (χ4v) is 2.20. The zero-order valence-electron chi connectivity index (χ0n) is 11.9. The predicted molar refractivity (Wildman–Crippen MR) is 71.1 cm³/mol. The van der Waals surface area contributed by atoms with E-state index < -0.39 is 12.0 Å². The molecule has 1 atom stereocenters. The molecule has 0 aromatic rings. The standard InChI is InChI=1S/C13H22N2O5/c1-9(14-10(2)16)13(19)15-6-3-11(4-7-15)20-8-5-12(17)18/h9,11H,3-8H2,1-2H3,(H,14,16)(H,17,18). The maximum atomic E-state index is 12.0. The van der Waals surface area contributed by atoms with Gasteiger partial charge in [0.05, 0.1) is 19.1 Å². The van der Waals surface area contributed by atoms with Gasteiger partial charge in [-0.15, -0.1) is 0 Å². The van der Waals surface area contributed by atoms with E-state index in [4.69, 9.17) is 9.84 Å². The molecule has 0 aliphatic carbocycles. The highest BCUT2D eigenvalue weighted by atomic mass is 16.5. The number of likely N-dealkylation sites (tertiary alicyclic amines) is 1. The van der Waals surface area contributed by atoms with Crippen LogP contribution in [0.25, 0.3) is 0 Å². The van der Waals surface area contributed by atoms with Crippen molar-refractivity contribution in [3.63, 3.8) is 0 Å². The zero-order chi connectivity index (χ0) is 15.1. The summed E-state index contributed by atoms with van der Waals surface area (Å²) in [5.41, 5.74) is 0. The molecule has 0 aromatic heterocycles. The lowest BCUT2D eigenvalue weighted by molar-refractivity contribution is -0.139. The van der Waals surface area contributed by atoms with Crippen molar-refractivity contribution < 1.29 is 24.2 Å². The molecule has 1 aliphatic rings. The van der Waals surface area contributed by atoms with Crippen molar-refractivity contribution >= 4 is 17.8 Å². The molecule has 0 bridgehead atoms. The molecule has 7 nitrogen and oxygen atoms in total. The summed E-state index contributed by atoms with van der Waals surface area (Å²) in [4.78, 5) is 35.0. The number of carboxylic acids is 1. The van der Waals surface area contributed by atoms with Crippen LogP contribution in [0.4, 0.5) is 0 Å². The monoisotopic (exact) mass is 286 g/mol. The van der Waals surface area contributed by atoms with Crippen LogP contribution in [0, 0.1) is 0 Å². The molecule has 1 saturated heterocycles. The number of rotatable bonds is 6. The lowest BCUT2D eigenvalue weighted by Gasteiger charge is -2.33. The Morgan fingerprint density at radius 1 is 1.35 bits per heavy atom. The Labute approximate surface area is 118 Å². The van der Waals surface area contributed by atoms with E-state index in [0.717, 1.165) is 0 Å². The molecule has 1 rings (SSSR count). The Hall–Kier alpha value is -1.63. The second-order valence-corrected chi connectivity index (χ2v) is 4.96. The van der Waals surface area contributed by atoms with E-state index in [2.05, 4.69) is 5.32 Å². The Kier molecular flexibility index (Phi) is 6.44. The average molecular weight is 286 g/mol. The lowest BCUT2D eigenvalue weighted by Crippen LogP contribution is -2.49. The summed E-state index contributed by atoms with van der Waals surface area (Å²) in [6, 6.07) is -0.517. The first-order valence-electron chi connectivity index (χ1n) is 6.79. The molecule has 2 amide bonds. The summed E-state index contributed by atoms with van der Waals surface area (Å²) in [6.45, 7) is 4.39. The van der Waals surface area contributed by atoms with Gasteiger partial charge < -0.3 is 20.1 Å². The molecular weight excluding hydrogens is 264 g/mol. The highest BCUT2D eigenvalue weighted by Crippen LogP contribution is 2.14. The summed E-state index contributed by atoms with van der Waals surface area (Å²) < 4.78 is 5.46. The van der Waals surface area contributed by atoms with Crippen LogP contribution in [0.1, 0.15) is 33.1 Å². The largest absolute Gasteiger partial charge is 0.481 e. The van der Waals surface area contributed by atoms with E-state index in [1.165, 1.54) is 6.92 Å². The molecular formula is C13H22N2O5. The minimum atomic E-state index is -0.873. The van der Waals surface area contributed by atoms with Gasteiger partial charge in [-0.2, -0.15) is 0 Å². The highest BCUT2D eigenvalue weighted by Gasteiger charge is 2.26. The molecule has 114 valence electrons. The van der Waals surface area contributed by atoms with Crippen molar-refractivity contribution in [2.75, 3.05) is 19.7 Å². The molecule has 1 fully saturated rings. The van der Waals surface area contributed by atoms with E-state index in [-0.39, 0.29) is 30.9 Å². The van der Waals surface area contributed by atoms with Crippen molar-refractivity contribution in [3.05, 3.63) is 0 Å². The van der Waals surface area contributed by atoms with Crippen molar-refractivity contribution in [2.45, 2.75) is 45.3 Å². The maximum Gasteiger partial charge on any atom is 0.305 e. The normalized spacial score (nSPS) is 17.6. The Morgan fingerprint density at radius 2 is 1.95 bits per heavy atom. The smallest absolute Gasteiger partial charge is 0.305 e. The van der Waals surface area contributed by atoms with Gasteiger partial charge in [0.25, 0.3) is 0 Å². The fourth-order valence-electron chi connectivity index (χ4n) is 2.20. The van der Waals surface area contributed by atoms with E-state index in [9.17, 15) is 14.4 Å². The second kappa shape index (κ2) is 7.84. The number of ether oxygens (including phenoxy) is 1. The maximum absolute atomic E-state index is 12.0. The van der Waals surface area contributed by atoms with Crippen LogP contribution in [-0.4, -0.2) is 59.6 Å². The highest BCUT2D eigenvalue weighted by molar-refractivity contribution is 5.86. The number of nitrogens with zero attached hydrogens (tertiary/aromatic N) is 1. The van der Waals surface area contributed by atoms with E-state index in [1.807, 2.05) is 0 Å². The van der Waals surface area contributed by atoms with Gasteiger partial charge in [-0.1, -0.05) is 0 Å². The van der Waals surface area contributed by atoms with E-state index in [1.54, 1.807) is 11.8 Å². The Morgan fingerprint density at radius 3 is 2.45 bits per heavy atom. The topological polar surface area (TPSA) is 95.9 Å². The van der Waals surface area contributed by atoms with E-state index in [0.29, 0.717) is 25.9 Å². The molecule has 2 N–H and O–H groups in total. The summed E-state index contributed by atoms with van der Waals surface area (Å²) in [5.74, 6) is -1.19. The Bertz CT molecular complexity index is 364. The number of hydrogen-bond acceptors (Lipinski definition) is 4. The van der Waals surface area contributed by atoms with Gasteiger partial charge in [-0.25, -0.2) is 0 Å². The molecule has 0 saturated carbocycles. The van der Waals surface area contributed by atoms with Crippen LogP contribution in [0.15, 0.2) is 0 Å². The van der Waals surface area contributed by atoms with Crippen molar-refractivity contribution in [1.29, 1.82) is 0 Å². The average Bonchev–Trinajstić information content (AvgIpc) is 2.37. The summed E-state index contributed by atoms with van der Waals surface area (Å²) in [7, 11) is 0. The number of amides is 2. The minimum Gasteiger partial charge on any atom is -0.481 e. The van der Waals surface area contributed by atoms with Gasteiger partial charge in [-0.3, -0.25) is 14.4 Å². The predicted octanol–water partition coefficient (Wildman–Crippen LogP) is -0.00670. The first kappa shape index (κ1) is 16.4. The number of nitrogens with one attached hydrogen (secondary N) is 1. The van der Waals surface area contributed by atoms with Gasteiger partial charge in [0.2, 0.25) is 11.8 Å². The molecule has 0 spiro atoms. The number of carboxylic acid groups (broad SMARTS) is 1. The number of hydrogen-bond donors (Lipinski definition) is 2. The van der Waals surface area contributed by atoms with Crippen LogP contribution in [0.5, 0.6) is 0 Å². The number of carbonyl (C=O) groups excluding carboxylic acids is 2. The quantitative estimate of drug-likeness (QED) is 0.716. The number of piperidine rings is 1. The zero-order valence-corrected chi connectivity index (χ0v) is 11.9. The van der Waals surface area contributed by atoms with Gasteiger partial charge >= 0.3 is 5.97 Å². The second-order valence-electron chi connectivity index (χ2n) is 4.96. The van der Waals surface area contributed by atoms with Crippen molar-refractivity contribution in [2.24, 2.45) is 0 Å². The van der Waals surface area contributed by atoms with Gasteiger partial charge in [-0.05, 0) is 19.8 Å². The Balaban J connectivity index is 2.29. The van der Waals surface area contributed by atoms with Crippen molar-refractivity contribution in [1.82, 2.24) is 10.2 Å². The minimum absolute atomic E-state index is 0.00128. The molecule has 1 heterocycles. The van der Waals surface area contributed by atoms with Gasteiger partial charge in [0, 0.05) is 20.0 Å². The van der Waals surface area contributed by atoms with Crippen molar-refractivity contribution in [3.8, 4) is 0 Å². The third-order valence-corrected chi connectivity index (χ3v) is 3.21. The van der Waals surface area contributed by atoms with E-state index >= 15 is 0 Å². The summed E-state index contributed by atoms with van der Waals surface area (Å²) in [5, 5.41) is 11.1. The number of aliphatic carboxylic acids is 1. The van der Waals surface area contributed by atoms with Gasteiger partial charge in [0.1, 0.15) is 6.04 Å². The molecule has 7 heteroatoms.